The Hall–Kier alpha value is -3.28. The van der Waals surface area contributed by atoms with Crippen molar-refractivity contribution < 1.29 is 19.1 Å². The average Bonchev–Trinajstić information content (AvgIpc) is 2.63. The maximum atomic E-state index is 11.8. The lowest BCUT2D eigenvalue weighted by Crippen LogP contribution is -2.26. The van der Waals surface area contributed by atoms with Crippen molar-refractivity contribution in [1.82, 2.24) is 5.32 Å². The van der Waals surface area contributed by atoms with Gasteiger partial charge in [-0.3, -0.25) is 9.59 Å². The van der Waals surface area contributed by atoms with E-state index in [2.05, 4.69) is 5.32 Å². The highest BCUT2D eigenvalue weighted by Gasteiger charge is 1.99. The van der Waals surface area contributed by atoms with Crippen LogP contribution in [-0.2, 0) is 9.59 Å². The molecule has 0 aromatic heterocycles. The zero-order valence-corrected chi connectivity index (χ0v) is 14.6. The minimum Gasteiger partial charge on any atom is -0.492 e. The van der Waals surface area contributed by atoms with Gasteiger partial charge in [0.05, 0.1) is 6.54 Å². The number of aryl methyl sites for hydroxylation is 1. The van der Waals surface area contributed by atoms with E-state index in [-0.39, 0.29) is 12.5 Å². The molecule has 0 atom stereocenters. The SMILES string of the molecule is Cc1cccc(OCCNC(=O)/C=C/c2ccc(OCC(N)=O)cc2)c1. The summed E-state index contributed by atoms with van der Waals surface area (Å²) in [5, 5.41) is 2.76. The van der Waals surface area contributed by atoms with Crippen molar-refractivity contribution in [1.29, 1.82) is 0 Å². The number of hydrogen-bond donors (Lipinski definition) is 2. The third kappa shape index (κ3) is 7.09. The minimum atomic E-state index is -0.531. The summed E-state index contributed by atoms with van der Waals surface area (Å²) in [6.45, 7) is 2.64. The van der Waals surface area contributed by atoms with Crippen molar-refractivity contribution in [3.63, 3.8) is 0 Å². The van der Waals surface area contributed by atoms with E-state index in [1.807, 2.05) is 31.2 Å². The Morgan fingerprint density at radius 1 is 1.08 bits per heavy atom. The summed E-state index contributed by atoms with van der Waals surface area (Å²) in [4.78, 5) is 22.4. The fourth-order valence-corrected chi connectivity index (χ4v) is 2.11. The van der Waals surface area contributed by atoms with Crippen LogP contribution in [0.4, 0.5) is 0 Å². The van der Waals surface area contributed by atoms with Crippen LogP contribution in [0.1, 0.15) is 11.1 Å². The molecule has 2 rings (SSSR count). The predicted octanol–water partition coefficient (Wildman–Crippen LogP) is 2.07. The number of carbonyl (C=O) groups is 2. The number of rotatable bonds is 9. The normalized spacial score (nSPS) is 10.5. The molecule has 0 aliphatic heterocycles. The van der Waals surface area contributed by atoms with Crippen LogP contribution in [0.15, 0.2) is 54.6 Å². The number of carbonyl (C=O) groups excluding carboxylic acids is 2. The van der Waals surface area contributed by atoms with Gasteiger partial charge in [0.2, 0.25) is 5.91 Å². The molecule has 0 aliphatic rings. The zero-order chi connectivity index (χ0) is 18.8. The highest BCUT2D eigenvalue weighted by Crippen LogP contribution is 2.13. The summed E-state index contributed by atoms with van der Waals surface area (Å²) in [5.41, 5.74) is 6.97. The number of benzene rings is 2. The van der Waals surface area contributed by atoms with E-state index in [1.54, 1.807) is 30.3 Å². The molecule has 6 heteroatoms. The fourth-order valence-electron chi connectivity index (χ4n) is 2.11. The van der Waals surface area contributed by atoms with Gasteiger partial charge in [-0.25, -0.2) is 0 Å². The topological polar surface area (TPSA) is 90.7 Å². The Morgan fingerprint density at radius 2 is 1.85 bits per heavy atom. The summed E-state index contributed by atoms with van der Waals surface area (Å²) in [6.07, 6.45) is 3.14. The Labute approximate surface area is 152 Å². The van der Waals surface area contributed by atoms with E-state index in [0.29, 0.717) is 18.9 Å². The molecule has 0 radical (unpaired) electrons. The summed E-state index contributed by atoms with van der Waals surface area (Å²) < 4.78 is 10.7. The van der Waals surface area contributed by atoms with Gasteiger partial charge in [0.15, 0.2) is 6.61 Å². The van der Waals surface area contributed by atoms with Crippen LogP contribution in [-0.4, -0.2) is 31.6 Å². The van der Waals surface area contributed by atoms with E-state index in [1.165, 1.54) is 6.08 Å². The number of nitrogens with two attached hydrogens (primary N) is 1. The maximum Gasteiger partial charge on any atom is 0.255 e. The number of hydrogen-bond acceptors (Lipinski definition) is 4. The van der Waals surface area contributed by atoms with Crippen molar-refractivity contribution in [2.45, 2.75) is 6.92 Å². The summed E-state index contributed by atoms with van der Waals surface area (Å²) in [7, 11) is 0. The van der Waals surface area contributed by atoms with Crippen LogP contribution in [0.5, 0.6) is 11.5 Å². The second kappa shape index (κ2) is 9.88. The quantitative estimate of drug-likeness (QED) is 0.533. The van der Waals surface area contributed by atoms with Gasteiger partial charge in [0, 0.05) is 6.08 Å². The van der Waals surface area contributed by atoms with Gasteiger partial charge < -0.3 is 20.5 Å². The van der Waals surface area contributed by atoms with E-state index >= 15 is 0 Å². The smallest absolute Gasteiger partial charge is 0.255 e. The van der Waals surface area contributed by atoms with Crippen LogP contribution >= 0.6 is 0 Å². The molecule has 0 spiro atoms. The van der Waals surface area contributed by atoms with Crippen molar-refractivity contribution in [3.8, 4) is 11.5 Å². The molecule has 0 saturated carbocycles. The molecular formula is C20H22N2O4. The first-order valence-electron chi connectivity index (χ1n) is 8.19. The van der Waals surface area contributed by atoms with Gasteiger partial charge >= 0.3 is 0 Å². The molecular weight excluding hydrogens is 332 g/mol. The van der Waals surface area contributed by atoms with Gasteiger partial charge in [0.25, 0.3) is 5.91 Å². The van der Waals surface area contributed by atoms with Crippen molar-refractivity contribution in [3.05, 3.63) is 65.7 Å². The maximum absolute atomic E-state index is 11.8. The third-order valence-corrected chi connectivity index (χ3v) is 3.35. The first kappa shape index (κ1) is 19.1. The molecule has 26 heavy (non-hydrogen) atoms. The van der Waals surface area contributed by atoms with Gasteiger partial charge in [-0.1, -0.05) is 24.3 Å². The number of amides is 2. The standard InChI is InChI=1S/C20H22N2O4/c1-15-3-2-4-18(13-15)25-12-11-22-20(24)10-7-16-5-8-17(9-6-16)26-14-19(21)23/h2-10,13H,11-12,14H2,1H3,(H2,21,23)(H,22,24)/b10-7+. The van der Waals surface area contributed by atoms with Gasteiger partial charge in [-0.2, -0.15) is 0 Å². The Morgan fingerprint density at radius 3 is 2.54 bits per heavy atom. The van der Waals surface area contributed by atoms with Crippen LogP contribution in [0, 0.1) is 6.92 Å². The lowest BCUT2D eigenvalue weighted by atomic mass is 10.2. The largest absolute Gasteiger partial charge is 0.492 e. The Kier molecular flexibility index (Phi) is 7.24. The molecule has 0 unspecified atom stereocenters. The first-order valence-corrected chi connectivity index (χ1v) is 8.19. The highest BCUT2D eigenvalue weighted by atomic mass is 16.5. The molecule has 0 aliphatic carbocycles. The van der Waals surface area contributed by atoms with Crippen LogP contribution in [0.3, 0.4) is 0 Å². The van der Waals surface area contributed by atoms with Crippen LogP contribution in [0.2, 0.25) is 0 Å². The fraction of sp³-hybridized carbons (Fsp3) is 0.200. The third-order valence-electron chi connectivity index (χ3n) is 3.35. The lowest BCUT2D eigenvalue weighted by Gasteiger charge is -2.07. The predicted molar refractivity (Wildman–Crippen MR) is 99.8 cm³/mol. The molecule has 0 bridgehead atoms. The van der Waals surface area contributed by atoms with Gasteiger partial charge in [-0.15, -0.1) is 0 Å². The number of ether oxygens (including phenoxy) is 2. The van der Waals surface area contributed by atoms with Crippen LogP contribution in [0.25, 0.3) is 6.08 Å². The molecule has 0 heterocycles. The molecule has 2 aromatic rings. The second-order valence-electron chi connectivity index (χ2n) is 5.61. The van der Waals surface area contributed by atoms with E-state index in [4.69, 9.17) is 15.2 Å². The van der Waals surface area contributed by atoms with E-state index in [0.717, 1.165) is 16.9 Å². The molecule has 0 fully saturated rings. The number of primary amides is 1. The molecule has 0 saturated heterocycles. The lowest BCUT2D eigenvalue weighted by molar-refractivity contribution is -0.120. The number of nitrogens with one attached hydrogen (secondary N) is 1. The Bertz CT molecular complexity index is 770. The highest BCUT2D eigenvalue weighted by molar-refractivity contribution is 5.91. The second-order valence-corrected chi connectivity index (χ2v) is 5.61. The van der Waals surface area contributed by atoms with E-state index < -0.39 is 5.91 Å². The van der Waals surface area contributed by atoms with Gasteiger partial charge in [0.1, 0.15) is 18.1 Å². The van der Waals surface area contributed by atoms with Crippen molar-refractivity contribution >= 4 is 17.9 Å². The van der Waals surface area contributed by atoms with Crippen molar-refractivity contribution in [2.24, 2.45) is 5.73 Å². The molecule has 3 N–H and O–H groups in total. The monoisotopic (exact) mass is 354 g/mol. The molecule has 2 aromatic carbocycles. The molecule has 136 valence electrons. The average molecular weight is 354 g/mol. The van der Waals surface area contributed by atoms with E-state index in [9.17, 15) is 9.59 Å². The Balaban J connectivity index is 1.70. The zero-order valence-electron chi connectivity index (χ0n) is 14.6. The minimum absolute atomic E-state index is 0.164. The first-order chi connectivity index (χ1) is 12.5. The summed E-state index contributed by atoms with van der Waals surface area (Å²) in [5.74, 6) is 0.594. The van der Waals surface area contributed by atoms with Crippen LogP contribution < -0.4 is 20.5 Å². The van der Waals surface area contributed by atoms with Crippen molar-refractivity contribution in [2.75, 3.05) is 19.8 Å². The molecule has 2 amide bonds. The summed E-state index contributed by atoms with van der Waals surface area (Å²) >= 11 is 0. The summed E-state index contributed by atoms with van der Waals surface area (Å²) in [6, 6.07) is 14.7. The molecule has 6 nitrogen and oxygen atoms in total. The van der Waals surface area contributed by atoms with Gasteiger partial charge in [-0.05, 0) is 48.4 Å².